The van der Waals surface area contributed by atoms with Crippen LogP contribution in [-0.2, 0) is 13.1 Å². The van der Waals surface area contributed by atoms with Gasteiger partial charge in [0.2, 0.25) is 0 Å². The average molecular weight is 366 g/mol. The standard InChI is InChI=1S/C21H20ClN3O/c1-15-4-2-3-5-17(15)13-25-21(26)18-8-11-20(24-14-18)23-12-16-6-9-19(22)10-7-16/h2-11,14H,12-13H2,1H3,(H,23,24)(H,25,26). The van der Waals surface area contributed by atoms with Gasteiger partial charge in [-0.25, -0.2) is 4.98 Å². The second kappa shape index (κ2) is 8.50. The van der Waals surface area contributed by atoms with E-state index < -0.39 is 0 Å². The van der Waals surface area contributed by atoms with Crippen molar-refractivity contribution in [2.24, 2.45) is 0 Å². The SMILES string of the molecule is Cc1ccccc1CNC(=O)c1ccc(NCc2ccc(Cl)cc2)nc1. The van der Waals surface area contributed by atoms with Crippen molar-refractivity contribution in [3.8, 4) is 0 Å². The maximum Gasteiger partial charge on any atom is 0.253 e. The Hall–Kier alpha value is -2.85. The lowest BCUT2D eigenvalue weighted by Crippen LogP contribution is -2.23. The van der Waals surface area contributed by atoms with Gasteiger partial charge in [-0.05, 0) is 47.9 Å². The first kappa shape index (κ1) is 18.0. The molecule has 0 atom stereocenters. The zero-order valence-corrected chi connectivity index (χ0v) is 15.3. The van der Waals surface area contributed by atoms with Gasteiger partial charge < -0.3 is 10.6 Å². The summed E-state index contributed by atoms with van der Waals surface area (Å²) in [5.74, 6) is 0.584. The van der Waals surface area contributed by atoms with E-state index >= 15 is 0 Å². The first-order chi connectivity index (χ1) is 12.6. The van der Waals surface area contributed by atoms with Gasteiger partial charge in [0.1, 0.15) is 5.82 Å². The molecule has 3 aromatic rings. The van der Waals surface area contributed by atoms with Crippen molar-refractivity contribution in [1.82, 2.24) is 10.3 Å². The van der Waals surface area contributed by atoms with E-state index in [-0.39, 0.29) is 5.91 Å². The van der Waals surface area contributed by atoms with Gasteiger partial charge in [-0.3, -0.25) is 4.79 Å². The summed E-state index contributed by atoms with van der Waals surface area (Å²) < 4.78 is 0. The minimum absolute atomic E-state index is 0.134. The molecule has 1 aromatic heterocycles. The molecule has 0 unspecified atom stereocenters. The van der Waals surface area contributed by atoms with E-state index in [0.29, 0.717) is 23.7 Å². The maximum absolute atomic E-state index is 12.3. The summed E-state index contributed by atoms with van der Waals surface area (Å²) in [5, 5.41) is 6.87. The summed E-state index contributed by atoms with van der Waals surface area (Å²) in [7, 11) is 0. The van der Waals surface area contributed by atoms with Crippen LogP contribution >= 0.6 is 11.6 Å². The zero-order valence-electron chi connectivity index (χ0n) is 14.5. The van der Waals surface area contributed by atoms with E-state index in [1.165, 1.54) is 0 Å². The van der Waals surface area contributed by atoms with Gasteiger partial charge >= 0.3 is 0 Å². The van der Waals surface area contributed by atoms with Crippen LogP contribution in [0.25, 0.3) is 0 Å². The van der Waals surface area contributed by atoms with E-state index in [2.05, 4.69) is 15.6 Å². The monoisotopic (exact) mass is 365 g/mol. The molecule has 0 spiro atoms. The molecule has 1 heterocycles. The first-order valence-electron chi connectivity index (χ1n) is 8.39. The number of benzene rings is 2. The van der Waals surface area contributed by atoms with Crippen LogP contribution in [-0.4, -0.2) is 10.9 Å². The third-order valence-corrected chi connectivity index (χ3v) is 4.37. The van der Waals surface area contributed by atoms with Crippen LogP contribution in [0.1, 0.15) is 27.0 Å². The minimum atomic E-state index is -0.134. The van der Waals surface area contributed by atoms with Gasteiger partial charge in [-0.15, -0.1) is 0 Å². The highest BCUT2D eigenvalue weighted by Gasteiger charge is 2.07. The molecule has 0 saturated heterocycles. The fourth-order valence-electron chi connectivity index (χ4n) is 2.51. The Kier molecular flexibility index (Phi) is 5.87. The number of carbonyl (C=O) groups excluding carboxylic acids is 1. The Labute approximate surface area is 158 Å². The molecular formula is C21H20ClN3O. The molecule has 132 valence electrons. The van der Waals surface area contributed by atoms with Crippen molar-refractivity contribution in [1.29, 1.82) is 0 Å². The molecule has 5 heteroatoms. The largest absolute Gasteiger partial charge is 0.366 e. The molecule has 0 aliphatic heterocycles. The summed E-state index contributed by atoms with van der Waals surface area (Å²) in [6.45, 7) is 3.18. The third kappa shape index (κ3) is 4.83. The Bertz CT molecular complexity index is 877. The molecule has 2 aromatic carbocycles. The molecule has 26 heavy (non-hydrogen) atoms. The summed E-state index contributed by atoms with van der Waals surface area (Å²) >= 11 is 5.88. The third-order valence-electron chi connectivity index (χ3n) is 4.11. The number of halogens is 1. The second-order valence-corrected chi connectivity index (χ2v) is 6.46. The van der Waals surface area contributed by atoms with E-state index in [1.807, 2.05) is 55.5 Å². The minimum Gasteiger partial charge on any atom is -0.366 e. The molecule has 0 aliphatic carbocycles. The molecule has 0 fully saturated rings. The Balaban J connectivity index is 1.54. The lowest BCUT2D eigenvalue weighted by molar-refractivity contribution is 0.0950. The van der Waals surface area contributed by atoms with Crippen LogP contribution in [0.5, 0.6) is 0 Å². The number of hydrogen-bond acceptors (Lipinski definition) is 3. The predicted octanol–water partition coefficient (Wildman–Crippen LogP) is 4.59. The summed E-state index contributed by atoms with van der Waals surface area (Å²) in [5.41, 5.74) is 3.91. The second-order valence-electron chi connectivity index (χ2n) is 6.02. The molecule has 3 rings (SSSR count). The summed E-state index contributed by atoms with van der Waals surface area (Å²) in [6, 6.07) is 19.2. The van der Waals surface area contributed by atoms with Crippen molar-refractivity contribution < 1.29 is 4.79 Å². The quantitative estimate of drug-likeness (QED) is 0.672. The smallest absolute Gasteiger partial charge is 0.253 e. The van der Waals surface area contributed by atoms with E-state index in [4.69, 9.17) is 11.6 Å². The molecule has 0 saturated carbocycles. The van der Waals surface area contributed by atoms with Crippen LogP contribution in [0.2, 0.25) is 5.02 Å². The lowest BCUT2D eigenvalue weighted by Gasteiger charge is -2.09. The number of aromatic nitrogens is 1. The number of nitrogens with one attached hydrogen (secondary N) is 2. The van der Waals surface area contributed by atoms with Crippen molar-refractivity contribution in [3.05, 3.63) is 94.1 Å². The van der Waals surface area contributed by atoms with Gasteiger partial charge in [0, 0.05) is 24.3 Å². The maximum atomic E-state index is 12.3. The normalized spacial score (nSPS) is 10.4. The molecule has 0 aliphatic rings. The fraction of sp³-hybridized carbons (Fsp3) is 0.143. The topological polar surface area (TPSA) is 54.0 Å². The fourth-order valence-corrected chi connectivity index (χ4v) is 2.64. The Morgan fingerprint density at radius 1 is 1.00 bits per heavy atom. The highest BCUT2D eigenvalue weighted by atomic mass is 35.5. The number of rotatable bonds is 6. The highest BCUT2D eigenvalue weighted by Crippen LogP contribution is 2.12. The van der Waals surface area contributed by atoms with Crippen LogP contribution in [0.4, 0.5) is 5.82 Å². The van der Waals surface area contributed by atoms with Crippen molar-refractivity contribution >= 4 is 23.3 Å². The van der Waals surface area contributed by atoms with Crippen LogP contribution in [0, 0.1) is 6.92 Å². The van der Waals surface area contributed by atoms with E-state index in [0.717, 1.165) is 22.5 Å². The van der Waals surface area contributed by atoms with Crippen LogP contribution < -0.4 is 10.6 Å². The zero-order chi connectivity index (χ0) is 18.4. The van der Waals surface area contributed by atoms with Crippen LogP contribution in [0.3, 0.4) is 0 Å². The van der Waals surface area contributed by atoms with Gasteiger partial charge in [-0.2, -0.15) is 0 Å². The Morgan fingerprint density at radius 3 is 2.46 bits per heavy atom. The Morgan fingerprint density at radius 2 is 1.77 bits per heavy atom. The molecule has 4 nitrogen and oxygen atoms in total. The highest BCUT2D eigenvalue weighted by molar-refractivity contribution is 6.30. The molecule has 1 amide bonds. The average Bonchev–Trinajstić information content (AvgIpc) is 2.67. The van der Waals surface area contributed by atoms with Crippen molar-refractivity contribution in [2.45, 2.75) is 20.0 Å². The summed E-state index contributed by atoms with van der Waals surface area (Å²) in [4.78, 5) is 16.6. The van der Waals surface area contributed by atoms with Crippen molar-refractivity contribution in [3.63, 3.8) is 0 Å². The lowest BCUT2D eigenvalue weighted by atomic mass is 10.1. The van der Waals surface area contributed by atoms with Gasteiger partial charge in [0.05, 0.1) is 5.56 Å². The number of pyridine rings is 1. The number of anilines is 1. The molecule has 2 N–H and O–H groups in total. The predicted molar refractivity (Wildman–Crippen MR) is 105 cm³/mol. The first-order valence-corrected chi connectivity index (χ1v) is 8.77. The number of nitrogens with zero attached hydrogens (tertiary/aromatic N) is 1. The number of carbonyl (C=O) groups is 1. The number of amides is 1. The summed E-state index contributed by atoms with van der Waals surface area (Å²) in [6.07, 6.45) is 1.58. The van der Waals surface area contributed by atoms with Gasteiger partial charge in [-0.1, -0.05) is 48.0 Å². The van der Waals surface area contributed by atoms with Crippen molar-refractivity contribution in [2.75, 3.05) is 5.32 Å². The molecular weight excluding hydrogens is 346 g/mol. The van der Waals surface area contributed by atoms with E-state index in [9.17, 15) is 4.79 Å². The number of hydrogen-bond donors (Lipinski definition) is 2. The van der Waals surface area contributed by atoms with Crippen LogP contribution in [0.15, 0.2) is 66.9 Å². The van der Waals surface area contributed by atoms with Gasteiger partial charge in [0.15, 0.2) is 0 Å². The number of aryl methyl sites for hydroxylation is 1. The van der Waals surface area contributed by atoms with Gasteiger partial charge in [0.25, 0.3) is 5.91 Å². The molecule has 0 bridgehead atoms. The molecule has 0 radical (unpaired) electrons. The van der Waals surface area contributed by atoms with E-state index in [1.54, 1.807) is 18.3 Å².